The van der Waals surface area contributed by atoms with E-state index in [0.717, 1.165) is 18.0 Å². The molecule has 0 aromatic heterocycles. The molecule has 1 atom stereocenters. The highest BCUT2D eigenvalue weighted by molar-refractivity contribution is 5.55. The molecule has 0 aromatic rings. The van der Waals surface area contributed by atoms with Gasteiger partial charge in [-0.2, -0.15) is 229 Å². The minimum Gasteiger partial charge on any atom is -0.379 e. The predicted molar refractivity (Wildman–Crippen MR) is 329 cm³/mol. The van der Waals surface area contributed by atoms with Crippen molar-refractivity contribution in [1.29, 1.82) is 0 Å². The van der Waals surface area contributed by atoms with E-state index in [1.807, 2.05) is 0 Å². The van der Waals surface area contributed by atoms with E-state index in [9.17, 15) is 237 Å². The average Bonchev–Trinajstić information content (AvgIpc) is 1.30. The summed E-state index contributed by atoms with van der Waals surface area (Å²) in [5, 5.41) is 0. The molecule has 1 unspecified atom stereocenters. The molecule has 67 heteroatoms. The van der Waals surface area contributed by atoms with Crippen LogP contribution >= 0.6 is 0 Å². The second kappa shape index (κ2) is 51.8. The number of aliphatic imine (C=N–C) groups is 2. The van der Waals surface area contributed by atoms with E-state index in [-0.39, 0.29) is 101 Å². The first-order chi connectivity index (χ1) is 56.4. The zero-order valence-corrected chi connectivity index (χ0v) is 62.9. The van der Waals surface area contributed by atoms with Gasteiger partial charge in [0, 0.05) is 71.0 Å². The molecular formula is C60H60F54N9O4+3. The van der Waals surface area contributed by atoms with Gasteiger partial charge in [0.2, 0.25) is 35.9 Å². The monoisotopic (exact) mass is 2000 g/mol. The summed E-state index contributed by atoms with van der Waals surface area (Å²) in [5.41, 5.74) is -19.2. The lowest BCUT2D eigenvalue weighted by Crippen LogP contribution is -2.57. The second-order valence-corrected chi connectivity index (χ2v) is 22.7. The molecular weight excluding hydrogens is 1940 g/mol. The molecule has 0 spiro atoms. The standard InChI is InChI=1S/2C8H8F7NO.C8H11F3NO.C7H9F6NO.C6H5F7N.C6H5F6N.C6H7F4N.C5H3F6N.C5H2F6N.CH2F2/c2*9-6(16-1-3-17-4-2-16)5(7(10,11)12)8(13,14)15;1-7(8(9,10)11)6-12-2-4-13-5-3-12;8-5(6(9,10)11)7(12,13)14-1-3-15-4-2-14;1-14(2)4(7)3(5(8,9)10)6(11,12)13;7-5(8,9)4(6(10,11)12)3-13-1-2-13;1-3-11-5(7)4(2)6(8,9)10;2*1-12-2-3(4(6,7)8)5(9,10)11;2-1-3/h2*1-4H2;2-5H2,1H3;5H,1-4H2;1H2,2H3;3H,1-2H2;3H,1-2H3;2H,1H2;1-2H;1H2/q;;+1;;+1;;;;+1;/b;;;;;;5-4-,11-3?;;;. The molecule has 744 valence electrons. The van der Waals surface area contributed by atoms with Gasteiger partial charge in [0.1, 0.15) is 32.6 Å². The number of ether oxygens (including phenoxy) is 4. The Kier molecular flexibility index (Phi) is 51.8. The van der Waals surface area contributed by atoms with E-state index < -0.39 is 199 Å². The number of morpholine rings is 4. The van der Waals surface area contributed by atoms with E-state index in [1.165, 1.54) is 11.5 Å². The summed E-state index contributed by atoms with van der Waals surface area (Å²) >= 11 is 0. The fourth-order valence-corrected chi connectivity index (χ4v) is 7.19. The molecule has 5 rings (SSSR count). The SMILES string of the molecule is C#[N+]C=C(C(F)(F)F)C(F)(F)F.C=NC=C(C(F)(F)F)C(F)(F)F.C=[N+](C)C(F)=C(C(F)(F)F)C(F)(F)F.CC(=C=[N+]1CCOCC1)C(F)(F)F.CC=N/C(F)=C(/C)C(F)(F)F.FC(=C(C(F)(F)F)C(F)(F)F)N1CCOCC1.FC(=C(C(F)(F)F)C(F)(F)F)N1CCOCC1.FC(C(F)(F)F)C(F)(F)N1CCOCC1.FC(F)(F)C(=CN1CC1)C(F)(F)F.FCF. The number of allylic oxidation sites excluding steroid dienone is 8. The lowest BCUT2D eigenvalue weighted by atomic mass is 10.2. The summed E-state index contributed by atoms with van der Waals surface area (Å²) in [7, 11) is 0.632. The maximum absolute atomic E-state index is 13.3. The number of nitrogens with zero attached hydrogens (tertiary/aromatic N) is 9. The predicted octanol–water partition coefficient (Wildman–Crippen LogP) is 22.6. The van der Waals surface area contributed by atoms with Crippen LogP contribution in [0.15, 0.2) is 97.0 Å². The minimum absolute atomic E-state index is 0.111. The number of hydrogen-bond donors (Lipinski definition) is 0. The maximum atomic E-state index is 13.3. The molecule has 127 heavy (non-hydrogen) atoms. The topological polar surface area (TPSA) is 84.8 Å². The molecule has 0 amide bonds. The smallest absolute Gasteiger partial charge is 0.379 e. The van der Waals surface area contributed by atoms with Gasteiger partial charge in [-0.05, 0) is 32.3 Å². The van der Waals surface area contributed by atoms with Crippen molar-refractivity contribution in [3.8, 4) is 6.57 Å². The molecule has 0 bridgehead atoms. The molecule has 5 heterocycles. The summed E-state index contributed by atoms with van der Waals surface area (Å²) in [4.78, 5) is 9.28. The van der Waals surface area contributed by atoms with Gasteiger partial charge >= 0.3 is 111 Å². The van der Waals surface area contributed by atoms with Gasteiger partial charge in [-0.1, -0.05) is 0 Å². The van der Waals surface area contributed by atoms with Gasteiger partial charge in [-0.3, -0.25) is 4.99 Å². The highest BCUT2D eigenvalue weighted by Gasteiger charge is 2.62. The van der Waals surface area contributed by atoms with Crippen LogP contribution in [0.5, 0.6) is 0 Å². The van der Waals surface area contributed by atoms with Crippen molar-refractivity contribution in [2.75, 3.05) is 132 Å². The Bertz CT molecular complexity index is 3520. The Labute approximate surface area is 676 Å². The lowest BCUT2D eigenvalue weighted by Gasteiger charge is -2.35. The Morgan fingerprint density at radius 3 is 0.937 bits per heavy atom. The van der Waals surface area contributed by atoms with Gasteiger partial charge in [-0.15, -0.1) is 4.39 Å². The third-order valence-electron chi connectivity index (χ3n) is 13.0. The molecule has 0 radical (unpaired) electrons. The van der Waals surface area contributed by atoms with E-state index >= 15 is 0 Å². The van der Waals surface area contributed by atoms with Crippen LogP contribution < -0.4 is 0 Å². The maximum Gasteiger partial charge on any atom is 0.430 e. The number of rotatable bonds is 8. The first-order valence-corrected chi connectivity index (χ1v) is 31.8. The molecule has 0 N–H and O–H groups in total. The molecule has 0 aliphatic carbocycles. The van der Waals surface area contributed by atoms with Gasteiger partial charge in [0.25, 0.3) is 12.7 Å². The molecule has 5 fully saturated rings. The van der Waals surface area contributed by atoms with Crippen molar-refractivity contribution in [3.63, 3.8) is 0 Å². The van der Waals surface area contributed by atoms with Gasteiger partial charge in [0.15, 0.2) is 41.3 Å². The van der Waals surface area contributed by atoms with Crippen LogP contribution in [0.1, 0.15) is 20.8 Å². The summed E-state index contributed by atoms with van der Waals surface area (Å²) in [6, 6.07) is -4.53. The zero-order valence-electron chi connectivity index (χ0n) is 62.9. The Morgan fingerprint density at radius 2 is 0.732 bits per heavy atom. The van der Waals surface area contributed by atoms with E-state index in [0.29, 0.717) is 50.1 Å². The first-order valence-electron chi connectivity index (χ1n) is 31.8. The van der Waals surface area contributed by atoms with Crippen LogP contribution in [0.25, 0.3) is 4.85 Å². The van der Waals surface area contributed by atoms with Crippen molar-refractivity contribution < 1.29 is 265 Å². The minimum atomic E-state index is -5.80. The Morgan fingerprint density at radius 1 is 0.441 bits per heavy atom. The number of halogens is 54. The van der Waals surface area contributed by atoms with Crippen molar-refractivity contribution in [2.24, 2.45) is 9.98 Å². The quantitative estimate of drug-likeness (QED) is 0.0781. The number of hydrogen-bond acceptors (Lipinski definition) is 10. The van der Waals surface area contributed by atoms with Crippen molar-refractivity contribution in [2.45, 2.75) is 126 Å². The Balaban J connectivity index is -0.000000439. The van der Waals surface area contributed by atoms with E-state index in [1.54, 1.807) is 0 Å². The number of alkyl halides is 50. The summed E-state index contributed by atoms with van der Waals surface area (Å²) < 4.78 is 661. The average molecular weight is 2000 g/mol. The van der Waals surface area contributed by atoms with Crippen LogP contribution in [0.2, 0.25) is 0 Å². The van der Waals surface area contributed by atoms with Crippen molar-refractivity contribution >= 4 is 25.5 Å². The summed E-state index contributed by atoms with van der Waals surface area (Å²) in [6.45, 7) is 9.98. The van der Waals surface area contributed by atoms with Crippen molar-refractivity contribution in [3.05, 3.63) is 91.8 Å². The van der Waals surface area contributed by atoms with Crippen LogP contribution in [0.3, 0.4) is 0 Å². The summed E-state index contributed by atoms with van der Waals surface area (Å²) in [5.74, 6) is -6.25. The fourth-order valence-electron chi connectivity index (χ4n) is 7.19. The van der Waals surface area contributed by atoms with E-state index in [4.69, 9.17) is 14.2 Å². The summed E-state index contributed by atoms with van der Waals surface area (Å²) in [6.07, 6.45) is -85.6. The molecule has 5 aliphatic heterocycles. The van der Waals surface area contributed by atoms with Crippen molar-refractivity contribution in [1.82, 2.24) is 19.6 Å². The largest absolute Gasteiger partial charge is 0.430 e. The zero-order chi connectivity index (χ0) is 102. The third kappa shape index (κ3) is 52.1. The van der Waals surface area contributed by atoms with Crippen LogP contribution in [0.4, 0.5) is 237 Å². The third-order valence-corrected chi connectivity index (χ3v) is 13.0. The lowest BCUT2D eigenvalue weighted by molar-refractivity contribution is -0.543. The second-order valence-electron chi connectivity index (χ2n) is 22.7. The Hall–Kier alpha value is -8.45. The highest BCUT2D eigenvalue weighted by atomic mass is 19.5. The molecule has 13 nitrogen and oxygen atoms in total. The fraction of sp³-hybridized carbons (Fsp3) is 0.667. The van der Waals surface area contributed by atoms with E-state index in [2.05, 4.69) is 45.4 Å². The normalized spacial score (nSPS) is 16.4. The molecule has 5 saturated heterocycles. The highest BCUT2D eigenvalue weighted by Crippen LogP contribution is 2.47. The molecule has 0 aromatic carbocycles. The first kappa shape index (κ1) is 127. The van der Waals surface area contributed by atoms with Crippen LogP contribution in [0, 0.1) is 6.57 Å². The molecule has 5 aliphatic rings. The van der Waals surface area contributed by atoms with Crippen LogP contribution in [-0.4, -0.2) is 291 Å². The van der Waals surface area contributed by atoms with Crippen LogP contribution in [-0.2, 0) is 18.9 Å². The van der Waals surface area contributed by atoms with Gasteiger partial charge < -0.3 is 33.6 Å². The van der Waals surface area contributed by atoms with Gasteiger partial charge in [0.05, 0.1) is 45.2 Å². The molecule has 0 saturated carbocycles. The van der Waals surface area contributed by atoms with Gasteiger partial charge in [-0.25, -0.2) is 23.1 Å².